The van der Waals surface area contributed by atoms with Crippen LogP contribution in [0, 0.1) is 5.82 Å². The Morgan fingerprint density at radius 1 is 1.16 bits per heavy atom. The largest absolute Gasteiger partial charge is 0.378 e. The minimum absolute atomic E-state index is 0.111. The third-order valence-corrected chi connectivity index (χ3v) is 3.40. The smallest absolute Gasteiger partial charge is 0.128 e. The third kappa shape index (κ3) is 3.67. The number of benzene rings is 2. The molecule has 1 N–H and O–H groups in total. The van der Waals surface area contributed by atoms with E-state index in [-0.39, 0.29) is 11.9 Å². The molecule has 1 unspecified atom stereocenters. The van der Waals surface area contributed by atoms with Gasteiger partial charge in [0.05, 0.1) is 6.04 Å². The lowest BCUT2D eigenvalue weighted by Gasteiger charge is -2.19. The van der Waals surface area contributed by atoms with Crippen molar-refractivity contribution in [2.24, 2.45) is 0 Å². The van der Waals surface area contributed by atoms with Crippen LogP contribution in [-0.2, 0) is 0 Å². The van der Waals surface area contributed by atoms with Gasteiger partial charge in [-0.2, -0.15) is 0 Å². The molecule has 0 heterocycles. The van der Waals surface area contributed by atoms with Crippen LogP contribution in [0.15, 0.2) is 65.7 Å². The summed E-state index contributed by atoms with van der Waals surface area (Å²) in [7, 11) is 0. The van der Waals surface area contributed by atoms with Crippen LogP contribution >= 0.6 is 15.9 Å². The summed E-state index contributed by atoms with van der Waals surface area (Å²) in [5, 5.41) is 3.33. The lowest BCUT2D eigenvalue weighted by atomic mass is 10.0. The number of hydrogen-bond donors (Lipinski definition) is 1. The molecule has 0 aliphatic heterocycles. The van der Waals surface area contributed by atoms with Crippen LogP contribution in [0.3, 0.4) is 0 Å². The predicted molar refractivity (Wildman–Crippen MR) is 81.7 cm³/mol. The summed E-state index contributed by atoms with van der Waals surface area (Å²) in [6.07, 6.45) is 2.46. The SMILES string of the molecule is C=CCC(Nc1ccc(Br)cc1)c1ccccc1F. The van der Waals surface area contributed by atoms with Gasteiger partial charge in [-0.25, -0.2) is 4.39 Å². The van der Waals surface area contributed by atoms with E-state index < -0.39 is 0 Å². The Kier molecular flexibility index (Phi) is 4.74. The van der Waals surface area contributed by atoms with Gasteiger partial charge in [0.15, 0.2) is 0 Å². The van der Waals surface area contributed by atoms with E-state index in [1.165, 1.54) is 6.07 Å². The van der Waals surface area contributed by atoms with Crippen molar-refractivity contribution in [3.05, 3.63) is 77.0 Å². The monoisotopic (exact) mass is 319 g/mol. The molecule has 19 heavy (non-hydrogen) atoms. The van der Waals surface area contributed by atoms with E-state index in [1.54, 1.807) is 18.2 Å². The molecule has 2 aromatic rings. The Bertz CT molecular complexity index is 551. The van der Waals surface area contributed by atoms with Gasteiger partial charge in [0.1, 0.15) is 5.82 Å². The van der Waals surface area contributed by atoms with E-state index in [2.05, 4.69) is 27.8 Å². The number of halogens is 2. The molecule has 1 atom stereocenters. The molecule has 0 aromatic heterocycles. The molecule has 1 nitrogen and oxygen atoms in total. The molecule has 0 saturated heterocycles. The van der Waals surface area contributed by atoms with Crippen LogP contribution in [-0.4, -0.2) is 0 Å². The van der Waals surface area contributed by atoms with E-state index in [9.17, 15) is 4.39 Å². The summed E-state index contributed by atoms with van der Waals surface area (Å²) in [5.41, 5.74) is 1.61. The van der Waals surface area contributed by atoms with Gasteiger partial charge in [0.25, 0.3) is 0 Å². The maximum Gasteiger partial charge on any atom is 0.128 e. The summed E-state index contributed by atoms with van der Waals surface area (Å²) in [6.45, 7) is 3.74. The van der Waals surface area contributed by atoms with Crippen LogP contribution in [0.5, 0.6) is 0 Å². The Hall–Kier alpha value is -1.61. The zero-order valence-electron chi connectivity index (χ0n) is 10.4. The molecule has 2 aromatic carbocycles. The lowest BCUT2D eigenvalue weighted by Crippen LogP contribution is -2.11. The van der Waals surface area contributed by atoms with E-state index in [4.69, 9.17) is 0 Å². The fourth-order valence-electron chi connectivity index (χ4n) is 1.94. The van der Waals surface area contributed by atoms with Gasteiger partial charge >= 0.3 is 0 Å². The Morgan fingerprint density at radius 3 is 2.47 bits per heavy atom. The first-order valence-electron chi connectivity index (χ1n) is 6.08. The minimum Gasteiger partial charge on any atom is -0.378 e. The standard InChI is InChI=1S/C16H15BrFN/c1-2-5-16(14-6-3-4-7-15(14)18)19-13-10-8-12(17)9-11-13/h2-4,6-11,16,19H,1,5H2. The molecular weight excluding hydrogens is 305 g/mol. The zero-order chi connectivity index (χ0) is 13.7. The highest BCUT2D eigenvalue weighted by Crippen LogP contribution is 2.26. The van der Waals surface area contributed by atoms with E-state index in [1.807, 2.05) is 30.3 Å². The highest BCUT2D eigenvalue weighted by molar-refractivity contribution is 9.10. The summed E-state index contributed by atoms with van der Waals surface area (Å²) < 4.78 is 14.9. The number of anilines is 1. The first-order chi connectivity index (χ1) is 9.20. The third-order valence-electron chi connectivity index (χ3n) is 2.87. The molecule has 0 aliphatic rings. The fourth-order valence-corrected chi connectivity index (χ4v) is 2.20. The predicted octanol–water partition coefficient (Wildman–Crippen LogP) is 5.32. The Labute approximate surface area is 121 Å². The highest BCUT2D eigenvalue weighted by atomic mass is 79.9. The maximum absolute atomic E-state index is 13.8. The van der Waals surface area contributed by atoms with Gasteiger partial charge in [0, 0.05) is 15.7 Å². The molecule has 0 radical (unpaired) electrons. The molecule has 3 heteroatoms. The average molecular weight is 320 g/mol. The van der Waals surface area contributed by atoms with Crippen LogP contribution in [0.2, 0.25) is 0 Å². The van der Waals surface area contributed by atoms with Crippen molar-refractivity contribution in [2.75, 3.05) is 5.32 Å². The quantitative estimate of drug-likeness (QED) is 0.736. The van der Waals surface area contributed by atoms with Gasteiger partial charge in [-0.1, -0.05) is 40.2 Å². The summed E-state index contributed by atoms with van der Waals surface area (Å²) in [4.78, 5) is 0. The van der Waals surface area contributed by atoms with E-state index >= 15 is 0 Å². The summed E-state index contributed by atoms with van der Waals surface area (Å²) in [5.74, 6) is -0.195. The van der Waals surface area contributed by atoms with Gasteiger partial charge < -0.3 is 5.32 Å². The van der Waals surface area contributed by atoms with Crippen molar-refractivity contribution in [1.82, 2.24) is 0 Å². The molecular formula is C16H15BrFN. The van der Waals surface area contributed by atoms with Crippen LogP contribution < -0.4 is 5.32 Å². The lowest BCUT2D eigenvalue weighted by molar-refractivity contribution is 0.593. The van der Waals surface area contributed by atoms with Crippen LogP contribution in [0.1, 0.15) is 18.0 Å². The van der Waals surface area contributed by atoms with Crippen molar-refractivity contribution in [3.63, 3.8) is 0 Å². The zero-order valence-corrected chi connectivity index (χ0v) is 12.0. The Morgan fingerprint density at radius 2 is 1.84 bits per heavy atom. The van der Waals surface area contributed by atoms with Crippen molar-refractivity contribution < 1.29 is 4.39 Å². The minimum atomic E-state index is -0.195. The van der Waals surface area contributed by atoms with Crippen molar-refractivity contribution in [2.45, 2.75) is 12.5 Å². The summed E-state index contributed by atoms with van der Waals surface area (Å²) >= 11 is 3.39. The van der Waals surface area contributed by atoms with Crippen LogP contribution in [0.4, 0.5) is 10.1 Å². The first-order valence-corrected chi connectivity index (χ1v) is 6.87. The van der Waals surface area contributed by atoms with Crippen LogP contribution in [0.25, 0.3) is 0 Å². The molecule has 0 bridgehead atoms. The van der Waals surface area contributed by atoms with Gasteiger partial charge in [-0.05, 0) is 36.8 Å². The molecule has 0 amide bonds. The second kappa shape index (κ2) is 6.53. The van der Waals surface area contributed by atoms with Crippen molar-refractivity contribution >= 4 is 21.6 Å². The average Bonchev–Trinajstić information content (AvgIpc) is 2.41. The second-order valence-electron chi connectivity index (χ2n) is 4.25. The van der Waals surface area contributed by atoms with Gasteiger partial charge in [-0.15, -0.1) is 6.58 Å². The number of nitrogens with one attached hydrogen (secondary N) is 1. The van der Waals surface area contributed by atoms with Crippen molar-refractivity contribution in [1.29, 1.82) is 0 Å². The molecule has 0 aliphatic carbocycles. The molecule has 98 valence electrons. The van der Waals surface area contributed by atoms with E-state index in [0.29, 0.717) is 12.0 Å². The number of rotatable bonds is 5. The highest BCUT2D eigenvalue weighted by Gasteiger charge is 2.13. The fraction of sp³-hybridized carbons (Fsp3) is 0.125. The van der Waals surface area contributed by atoms with Gasteiger partial charge in [0.2, 0.25) is 0 Å². The topological polar surface area (TPSA) is 12.0 Å². The first kappa shape index (κ1) is 13.8. The maximum atomic E-state index is 13.8. The molecule has 0 fully saturated rings. The molecule has 0 saturated carbocycles. The molecule has 2 rings (SSSR count). The van der Waals surface area contributed by atoms with E-state index in [0.717, 1.165) is 10.2 Å². The van der Waals surface area contributed by atoms with Gasteiger partial charge in [-0.3, -0.25) is 0 Å². The second-order valence-corrected chi connectivity index (χ2v) is 5.17. The Balaban J connectivity index is 2.23. The molecule has 0 spiro atoms. The number of hydrogen-bond acceptors (Lipinski definition) is 1. The normalized spacial score (nSPS) is 11.9. The summed E-state index contributed by atoms with van der Waals surface area (Å²) in [6, 6.07) is 14.5. The van der Waals surface area contributed by atoms with Crippen molar-refractivity contribution in [3.8, 4) is 0 Å².